The van der Waals surface area contributed by atoms with Crippen LogP contribution in [0.4, 0.5) is 24.7 Å². The number of benzene rings is 1. The molecule has 4 rings (SSSR count). The number of ether oxygens (including phenoxy) is 1. The number of hydrogen-bond acceptors (Lipinski definition) is 7. The third kappa shape index (κ3) is 4.92. The molecule has 2 aromatic rings. The fraction of sp³-hybridized carbons (Fsp3) is 0.476. The normalized spacial score (nSPS) is 24.5. The fourth-order valence-electron chi connectivity index (χ4n) is 4.66. The first-order chi connectivity index (χ1) is 16.0. The molecule has 182 valence electrons. The second-order valence-electron chi connectivity index (χ2n) is 8.49. The topological polar surface area (TPSA) is 117 Å². The number of aromatic nitrogens is 2. The van der Waals surface area contributed by atoms with Crippen LogP contribution < -0.4 is 14.8 Å². The van der Waals surface area contributed by atoms with Crippen LogP contribution in [0.25, 0.3) is 0 Å². The second kappa shape index (κ2) is 9.20. The van der Waals surface area contributed by atoms with E-state index in [1.807, 2.05) is 10.8 Å². The summed E-state index contributed by atoms with van der Waals surface area (Å²) in [5.74, 6) is 0.267. The van der Waals surface area contributed by atoms with Crippen LogP contribution in [0.3, 0.4) is 0 Å². The van der Waals surface area contributed by atoms with Gasteiger partial charge in [0.2, 0.25) is 5.88 Å². The standard InChI is InChI=1S/C21H21ClF3N5O3S/c1-11-19(29-17-5-2-12(9-26)6-16(17)22)27-10-28-20(11)33-15-7-13-3-4-14(8-15)18(13)30-34(31,32)21(23,24)25/h2,5-6,10,13-15,18,30H,3-4,7-8H2,1H3,(H,27,28,29)/t13-,14-,15?,18?/m0/s1. The Morgan fingerprint density at radius 1 is 1.21 bits per heavy atom. The maximum absolute atomic E-state index is 12.8. The van der Waals surface area contributed by atoms with E-state index in [1.165, 1.54) is 12.4 Å². The van der Waals surface area contributed by atoms with E-state index in [1.54, 1.807) is 19.1 Å². The van der Waals surface area contributed by atoms with Gasteiger partial charge in [0.25, 0.3) is 0 Å². The van der Waals surface area contributed by atoms with E-state index in [4.69, 9.17) is 21.6 Å². The first kappa shape index (κ1) is 24.5. The lowest BCUT2D eigenvalue weighted by atomic mass is 9.83. The number of nitrogens with zero attached hydrogens (tertiary/aromatic N) is 3. The molecule has 2 atom stereocenters. The molecule has 0 unspecified atom stereocenters. The molecule has 0 aliphatic heterocycles. The predicted octanol–water partition coefficient (Wildman–Crippen LogP) is 4.43. The second-order valence-corrected chi connectivity index (χ2v) is 10.6. The van der Waals surface area contributed by atoms with Gasteiger partial charge in [0, 0.05) is 6.04 Å². The highest BCUT2D eigenvalue weighted by molar-refractivity contribution is 7.90. The average Bonchev–Trinajstić information content (AvgIpc) is 2.98. The maximum Gasteiger partial charge on any atom is 0.511 e. The molecule has 0 radical (unpaired) electrons. The lowest BCUT2D eigenvalue weighted by molar-refractivity contribution is -0.0457. The highest BCUT2D eigenvalue weighted by Crippen LogP contribution is 2.44. The number of alkyl halides is 3. The van der Waals surface area contributed by atoms with E-state index < -0.39 is 21.6 Å². The zero-order chi connectivity index (χ0) is 24.7. The number of nitriles is 1. The molecule has 34 heavy (non-hydrogen) atoms. The quantitative estimate of drug-likeness (QED) is 0.584. The van der Waals surface area contributed by atoms with Crippen molar-refractivity contribution in [2.75, 3.05) is 5.32 Å². The first-order valence-electron chi connectivity index (χ1n) is 10.5. The first-order valence-corrected chi connectivity index (χ1v) is 12.4. The SMILES string of the molecule is Cc1c(Nc2ccc(C#N)cc2Cl)ncnc1OC1C[C@@H]2CC[C@@H](C1)C2NS(=O)(=O)C(F)(F)F. The Hall–Kier alpha value is -2.62. The Bertz CT molecular complexity index is 1220. The van der Waals surface area contributed by atoms with Gasteiger partial charge in [-0.2, -0.15) is 18.4 Å². The summed E-state index contributed by atoms with van der Waals surface area (Å²) < 4.78 is 69.6. The smallest absolute Gasteiger partial charge is 0.474 e. The summed E-state index contributed by atoms with van der Waals surface area (Å²) in [6.07, 6.45) is 3.08. The van der Waals surface area contributed by atoms with Crippen molar-refractivity contribution in [2.45, 2.75) is 50.3 Å². The molecule has 1 aromatic heterocycles. The molecule has 2 fully saturated rings. The van der Waals surface area contributed by atoms with Crippen LogP contribution in [-0.4, -0.2) is 36.0 Å². The van der Waals surface area contributed by atoms with Crippen LogP contribution in [-0.2, 0) is 10.0 Å². The van der Waals surface area contributed by atoms with Crippen LogP contribution in [0, 0.1) is 30.1 Å². The number of rotatable bonds is 6. The number of hydrogen-bond donors (Lipinski definition) is 2. The Labute approximate surface area is 199 Å². The van der Waals surface area contributed by atoms with Crippen molar-refractivity contribution in [2.24, 2.45) is 11.8 Å². The molecule has 2 bridgehead atoms. The van der Waals surface area contributed by atoms with Gasteiger partial charge in [-0.1, -0.05) is 11.6 Å². The van der Waals surface area contributed by atoms with Gasteiger partial charge in [0.15, 0.2) is 0 Å². The lowest BCUT2D eigenvalue weighted by Crippen LogP contribution is -2.50. The van der Waals surface area contributed by atoms with Gasteiger partial charge in [0.05, 0.1) is 27.9 Å². The monoisotopic (exact) mass is 515 g/mol. The molecule has 2 saturated carbocycles. The molecular weight excluding hydrogens is 495 g/mol. The average molecular weight is 516 g/mol. The summed E-state index contributed by atoms with van der Waals surface area (Å²) in [6.45, 7) is 1.76. The van der Waals surface area contributed by atoms with Crippen molar-refractivity contribution >= 4 is 33.1 Å². The zero-order valence-electron chi connectivity index (χ0n) is 17.9. The van der Waals surface area contributed by atoms with Crippen molar-refractivity contribution in [3.63, 3.8) is 0 Å². The van der Waals surface area contributed by atoms with Gasteiger partial charge in [0.1, 0.15) is 18.2 Å². The Morgan fingerprint density at radius 2 is 1.88 bits per heavy atom. The molecule has 0 saturated heterocycles. The minimum absolute atomic E-state index is 0.252. The van der Waals surface area contributed by atoms with Crippen molar-refractivity contribution in [1.29, 1.82) is 5.26 Å². The molecule has 13 heteroatoms. The number of anilines is 2. The Balaban J connectivity index is 1.45. The van der Waals surface area contributed by atoms with Crippen molar-refractivity contribution in [1.82, 2.24) is 14.7 Å². The molecule has 8 nitrogen and oxygen atoms in total. The molecule has 2 N–H and O–H groups in total. The van der Waals surface area contributed by atoms with E-state index in [2.05, 4.69) is 15.3 Å². The minimum atomic E-state index is -5.40. The van der Waals surface area contributed by atoms with Crippen LogP contribution in [0.15, 0.2) is 24.5 Å². The third-order valence-corrected chi connectivity index (χ3v) is 7.82. The summed E-state index contributed by atoms with van der Waals surface area (Å²) >= 11 is 6.23. The van der Waals surface area contributed by atoms with Crippen molar-refractivity contribution < 1.29 is 26.3 Å². The minimum Gasteiger partial charge on any atom is -0.474 e. The van der Waals surface area contributed by atoms with Crippen LogP contribution in [0.1, 0.15) is 36.8 Å². The molecular formula is C21H21ClF3N5O3S. The van der Waals surface area contributed by atoms with E-state index >= 15 is 0 Å². The van der Waals surface area contributed by atoms with E-state index in [9.17, 15) is 21.6 Å². The summed E-state index contributed by atoms with van der Waals surface area (Å²) in [6, 6.07) is 6.05. The summed E-state index contributed by atoms with van der Waals surface area (Å²) in [5.41, 5.74) is -3.76. The molecule has 0 amide bonds. The van der Waals surface area contributed by atoms with Gasteiger partial charge < -0.3 is 10.1 Å². The van der Waals surface area contributed by atoms with Crippen molar-refractivity contribution in [3.8, 4) is 11.9 Å². The Morgan fingerprint density at radius 3 is 2.47 bits per heavy atom. The number of halogens is 4. The van der Waals surface area contributed by atoms with Gasteiger partial charge in [-0.25, -0.2) is 23.1 Å². The van der Waals surface area contributed by atoms with E-state index in [-0.39, 0.29) is 17.9 Å². The van der Waals surface area contributed by atoms with Crippen LogP contribution in [0.2, 0.25) is 5.02 Å². The van der Waals surface area contributed by atoms with Gasteiger partial charge >= 0.3 is 15.5 Å². The molecule has 1 heterocycles. The van der Waals surface area contributed by atoms with Gasteiger partial charge in [-0.15, -0.1) is 0 Å². The van der Waals surface area contributed by atoms with Crippen LogP contribution in [0.5, 0.6) is 5.88 Å². The molecule has 2 aliphatic rings. The third-order valence-electron chi connectivity index (χ3n) is 6.32. The number of fused-ring (bicyclic) bond motifs is 2. The number of nitrogens with one attached hydrogen (secondary N) is 2. The largest absolute Gasteiger partial charge is 0.511 e. The maximum atomic E-state index is 12.8. The number of sulfonamides is 1. The molecule has 0 spiro atoms. The zero-order valence-corrected chi connectivity index (χ0v) is 19.5. The fourth-order valence-corrected chi connectivity index (χ4v) is 5.76. The molecule has 1 aromatic carbocycles. The lowest BCUT2D eigenvalue weighted by Gasteiger charge is -2.35. The predicted molar refractivity (Wildman–Crippen MR) is 118 cm³/mol. The van der Waals surface area contributed by atoms with Crippen molar-refractivity contribution in [3.05, 3.63) is 40.7 Å². The highest BCUT2D eigenvalue weighted by Gasteiger charge is 2.52. The van der Waals surface area contributed by atoms with Crippen LogP contribution >= 0.6 is 11.6 Å². The molecule has 2 aliphatic carbocycles. The summed E-state index contributed by atoms with van der Waals surface area (Å²) in [5, 5.41) is 12.4. The van der Waals surface area contributed by atoms with Gasteiger partial charge in [-0.3, -0.25) is 0 Å². The highest BCUT2D eigenvalue weighted by atomic mass is 35.5. The van der Waals surface area contributed by atoms with E-state index in [0.29, 0.717) is 59.2 Å². The summed E-state index contributed by atoms with van der Waals surface area (Å²) in [4.78, 5) is 8.42. The Kier molecular flexibility index (Phi) is 6.63. The summed E-state index contributed by atoms with van der Waals surface area (Å²) in [7, 11) is -5.40. The van der Waals surface area contributed by atoms with E-state index in [0.717, 1.165) is 0 Å². The van der Waals surface area contributed by atoms with Gasteiger partial charge in [-0.05, 0) is 62.6 Å².